The first-order valence-corrected chi connectivity index (χ1v) is 7.10. The second kappa shape index (κ2) is 5.33. The third-order valence-electron chi connectivity index (χ3n) is 3.83. The van der Waals surface area contributed by atoms with E-state index in [0.29, 0.717) is 31.1 Å². The summed E-state index contributed by atoms with van der Waals surface area (Å²) in [7, 11) is 0. The van der Waals surface area contributed by atoms with Crippen molar-refractivity contribution in [3.05, 3.63) is 46.8 Å². The number of carboxylic acid groups (broad SMARTS) is 1. The Morgan fingerprint density at radius 1 is 1.33 bits per heavy atom. The number of ether oxygens (including phenoxy) is 1. The normalized spacial score (nSPS) is 14.2. The highest BCUT2D eigenvalue weighted by Crippen LogP contribution is 2.25. The van der Waals surface area contributed by atoms with E-state index in [9.17, 15) is 9.90 Å². The van der Waals surface area contributed by atoms with Gasteiger partial charge in [-0.2, -0.15) is 5.10 Å². The van der Waals surface area contributed by atoms with Crippen LogP contribution in [0.4, 0.5) is 0 Å². The van der Waals surface area contributed by atoms with Crippen molar-refractivity contribution >= 4 is 5.97 Å². The summed E-state index contributed by atoms with van der Waals surface area (Å²) in [5.74, 6) is -0.539. The Bertz CT molecular complexity index is 672. The number of hydrogen-bond acceptors (Lipinski definition) is 3. The van der Waals surface area contributed by atoms with E-state index in [4.69, 9.17) is 4.74 Å². The maximum atomic E-state index is 11.3. The molecular formula is C16H18N2O3. The molecule has 0 bridgehead atoms. The highest BCUT2D eigenvalue weighted by molar-refractivity contribution is 5.87. The average molecular weight is 286 g/mol. The third-order valence-corrected chi connectivity index (χ3v) is 3.83. The summed E-state index contributed by atoms with van der Waals surface area (Å²) in [5, 5.41) is 13.6. The minimum absolute atomic E-state index is 0.0950. The fourth-order valence-corrected chi connectivity index (χ4v) is 2.62. The van der Waals surface area contributed by atoms with Crippen molar-refractivity contribution in [3.8, 4) is 5.69 Å². The Balaban J connectivity index is 2.07. The van der Waals surface area contributed by atoms with Crippen molar-refractivity contribution in [2.45, 2.75) is 32.8 Å². The Morgan fingerprint density at radius 3 is 2.67 bits per heavy atom. The lowest BCUT2D eigenvalue weighted by atomic mass is 10.0. The van der Waals surface area contributed by atoms with Gasteiger partial charge in [-0.05, 0) is 23.6 Å². The van der Waals surface area contributed by atoms with Crippen molar-refractivity contribution in [2.24, 2.45) is 0 Å². The molecule has 0 aliphatic carbocycles. The minimum Gasteiger partial charge on any atom is -0.476 e. The van der Waals surface area contributed by atoms with Crippen LogP contribution < -0.4 is 0 Å². The zero-order valence-corrected chi connectivity index (χ0v) is 12.2. The molecule has 0 unspecified atom stereocenters. The highest BCUT2D eigenvalue weighted by Gasteiger charge is 2.25. The molecule has 1 aromatic heterocycles. The fraction of sp³-hybridized carbons (Fsp3) is 0.375. The molecule has 0 fully saturated rings. The molecule has 0 atom stereocenters. The summed E-state index contributed by atoms with van der Waals surface area (Å²) < 4.78 is 7.11. The van der Waals surface area contributed by atoms with Gasteiger partial charge in [0.05, 0.1) is 24.6 Å². The predicted molar refractivity (Wildman–Crippen MR) is 78.0 cm³/mol. The number of nitrogens with zero attached hydrogens (tertiary/aromatic N) is 2. The Morgan fingerprint density at radius 2 is 2.05 bits per heavy atom. The number of fused-ring (bicyclic) bond motifs is 1. The first-order valence-electron chi connectivity index (χ1n) is 7.10. The van der Waals surface area contributed by atoms with Crippen LogP contribution in [-0.2, 0) is 17.8 Å². The van der Waals surface area contributed by atoms with Crippen LogP contribution in [0.2, 0.25) is 0 Å². The number of rotatable bonds is 3. The van der Waals surface area contributed by atoms with Crippen LogP contribution in [0.1, 0.15) is 47.1 Å². The van der Waals surface area contributed by atoms with Gasteiger partial charge in [-0.1, -0.05) is 26.0 Å². The lowest BCUT2D eigenvalue weighted by Crippen LogP contribution is -2.13. The second-order valence-corrected chi connectivity index (χ2v) is 5.54. The molecule has 3 rings (SSSR count). The maximum absolute atomic E-state index is 11.3. The van der Waals surface area contributed by atoms with Crippen LogP contribution in [0.5, 0.6) is 0 Å². The molecular weight excluding hydrogens is 268 g/mol. The summed E-state index contributed by atoms with van der Waals surface area (Å²) in [5.41, 5.74) is 3.88. The number of aromatic carboxylic acids is 1. The van der Waals surface area contributed by atoms with Crippen LogP contribution >= 0.6 is 0 Å². The van der Waals surface area contributed by atoms with E-state index in [2.05, 4.69) is 31.1 Å². The first kappa shape index (κ1) is 13.8. The summed E-state index contributed by atoms with van der Waals surface area (Å²) in [4.78, 5) is 11.3. The van der Waals surface area contributed by atoms with Crippen LogP contribution in [-0.4, -0.2) is 27.5 Å². The molecule has 2 heterocycles. The molecule has 1 N–H and O–H groups in total. The fourth-order valence-electron chi connectivity index (χ4n) is 2.62. The molecule has 0 saturated carbocycles. The summed E-state index contributed by atoms with van der Waals surface area (Å²) in [6, 6.07) is 8.11. The molecule has 0 saturated heterocycles. The van der Waals surface area contributed by atoms with Gasteiger partial charge in [-0.3, -0.25) is 0 Å². The lowest BCUT2D eigenvalue weighted by Gasteiger charge is -2.15. The van der Waals surface area contributed by atoms with E-state index in [1.807, 2.05) is 12.1 Å². The Hall–Kier alpha value is -2.14. The molecule has 110 valence electrons. The number of carboxylic acids is 1. The summed E-state index contributed by atoms with van der Waals surface area (Å²) >= 11 is 0. The van der Waals surface area contributed by atoms with E-state index in [0.717, 1.165) is 11.4 Å². The van der Waals surface area contributed by atoms with Crippen LogP contribution in [0, 0.1) is 0 Å². The quantitative estimate of drug-likeness (QED) is 0.942. The molecule has 2 aromatic rings. The van der Waals surface area contributed by atoms with Crippen molar-refractivity contribution in [3.63, 3.8) is 0 Å². The molecule has 0 spiro atoms. The Labute approximate surface area is 123 Å². The molecule has 5 heteroatoms. The van der Waals surface area contributed by atoms with Crippen LogP contribution in [0.15, 0.2) is 24.3 Å². The van der Waals surface area contributed by atoms with E-state index < -0.39 is 5.97 Å². The largest absolute Gasteiger partial charge is 0.476 e. The van der Waals surface area contributed by atoms with Gasteiger partial charge in [-0.25, -0.2) is 9.48 Å². The third kappa shape index (κ3) is 2.45. The summed E-state index contributed by atoms with van der Waals surface area (Å²) in [6.07, 6.45) is 0.682. The predicted octanol–water partition coefficient (Wildman–Crippen LogP) is 2.77. The number of carbonyl (C=O) groups is 1. The van der Waals surface area contributed by atoms with E-state index in [1.165, 1.54) is 5.56 Å². The van der Waals surface area contributed by atoms with Gasteiger partial charge in [0, 0.05) is 12.0 Å². The van der Waals surface area contributed by atoms with E-state index in [1.54, 1.807) is 4.68 Å². The van der Waals surface area contributed by atoms with Gasteiger partial charge in [0.25, 0.3) is 0 Å². The van der Waals surface area contributed by atoms with Crippen molar-refractivity contribution in [1.82, 2.24) is 9.78 Å². The second-order valence-electron chi connectivity index (χ2n) is 5.54. The standard InChI is InChI=1S/C16H18N2O3/c1-10(2)11-3-5-12(6-4-11)18-14-7-8-21-9-13(14)15(17-18)16(19)20/h3-6,10H,7-9H2,1-2H3,(H,19,20). The average Bonchev–Trinajstić information content (AvgIpc) is 2.87. The molecule has 1 aliphatic heterocycles. The molecule has 0 radical (unpaired) electrons. The topological polar surface area (TPSA) is 64.4 Å². The smallest absolute Gasteiger partial charge is 0.356 e. The molecule has 1 aliphatic rings. The van der Waals surface area contributed by atoms with Crippen LogP contribution in [0.25, 0.3) is 5.69 Å². The summed E-state index contributed by atoms with van der Waals surface area (Å²) in [6.45, 7) is 5.21. The Kier molecular flexibility index (Phi) is 3.51. The van der Waals surface area contributed by atoms with Gasteiger partial charge in [0.15, 0.2) is 5.69 Å². The van der Waals surface area contributed by atoms with Gasteiger partial charge in [-0.15, -0.1) is 0 Å². The van der Waals surface area contributed by atoms with Gasteiger partial charge >= 0.3 is 5.97 Å². The van der Waals surface area contributed by atoms with Crippen LogP contribution in [0.3, 0.4) is 0 Å². The number of hydrogen-bond donors (Lipinski definition) is 1. The number of benzene rings is 1. The molecule has 1 aromatic carbocycles. The lowest BCUT2D eigenvalue weighted by molar-refractivity contribution is 0.0677. The van der Waals surface area contributed by atoms with Gasteiger partial charge < -0.3 is 9.84 Å². The maximum Gasteiger partial charge on any atom is 0.356 e. The van der Waals surface area contributed by atoms with Crippen molar-refractivity contribution in [2.75, 3.05) is 6.61 Å². The molecule has 0 amide bonds. The van der Waals surface area contributed by atoms with Crippen molar-refractivity contribution in [1.29, 1.82) is 0 Å². The molecule has 21 heavy (non-hydrogen) atoms. The monoisotopic (exact) mass is 286 g/mol. The zero-order valence-electron chi connectivity index (χ0n) is 12.2. The SMILES string of the molecule is CC(C)c1ccc(-n2nc(C(=O)O)c3c2CCOC3)cc1. The van der Waals surface area contributed by atoms with E-state index >= 15 is 0 Å². The number of aromatic nitrogens is 2. The first-order chi connectivity index (χ1) is 10.1. The molecule has 5 nitrogen and oxygen atoms in total. The highest BCUT2D eigenvalue weighted by atomic mass is 16.5. The van der Waals surface area contributed by atoms with Gasteiger partial charge in [0.2, 0.25) is 0 Å². The van der Waals surface area contributed by atoms with Crippen molar-refractivity contribution < 1.29 is 14.6 Å². The minimum atomic E-state index is -1.01. The van der Waals surface area contributed by atoms with Gasteiger partial charge in [0.1, 0.15) is 0 Å². The van der Waals surface area contributed by atoms with E-state index in [-0.39, 0.29) is 5.69 Å². The zero-order chi connectivity index (χ0) is 15.0.